The highest BCUT2D eigenvalue weighted by Gasteiger charge is 2.50. The second-order valence-corrected chi connectivity index (χ2v) is 17.6. The van der Waals surface area contributed by atoms with Crippen LogP contribution in [-0.4, -0.2) is 19.9 Å². The van der Waals surface area contributed by atoms with E-state index in [0.717, 1.165) is 55.4 Å². The molecule has 13 rings (SSSR count). The first-order chi connectivity index (χ1) is 31.7. The van der Waals surface area contributed by atoms with E-state index in [1.165, 1.54) is 48.6 Å². The largest absolute Gasteiger partial charge is 0.247 e. The van der Waals surface area contributed by atoms with Gasteiger partial charge in [-0.1, -0.05) is 206 Å². The van der Waals surface area contributed by atoms with Crippen LogP contribution in [0.2, 0.25) is 0 Å². The highest BCUT2D eigenvalue weighted by Crippen LogP contribution is 2.63. The van der Waals surface area contributed by atoms with Gasteiger partial charge in [-0.3, -0.25) is 0 Å². The van der Waals surface area contributed by atoms with Crippen LogP contribution in [0.4, 0.5) is 0 Å². The molecule has 11 aromatic rings. The minimum Gasteiger partial charge on any atom is -0.247 e. The molecule has 2 aliphatic rings. The van der Waals surface area contributed by atoms with E-state index in [1.807, 2.05) is 72.4 Å². The van der Waals surface area contributed by atoms with E-state index >= 15 is 0 Å². The summed E-state index contributed by atoms with van der Waals surface area (Å²) in [6, 6.07) is 78.2. The molecule has 0 amide bonds. The number of fused-ring (bicyclic) bond motifs is 12. The van der Waals surface area contributed by atoms with Crippen molar-refractivity contribution in [3.63, 3.8) is 0 Å². The molecule has 0 saturated carbocycles. The van der Waals surface area contributed by atoms with Crippen LogP contribution >= 0.6 is 11.8 Å². The van der Waals surface area contributed by atoms with Crippen molar-refractivity contribution >= 4 is 33.4 Å². The van der Waals surface area contributed by atoms with Gasteiger partial charge in [0.15, 0.2) is 17.5 Å². The van der Waals surface area contributed by atoms with E-state index in [0.29, 0.717) is 17.5 Å². The Morgan fingerprint density at radius 1 is 0.297 bits per heavy atom. The van der Waals surface area contributed by atoms with Gasteiger partial charge in [0.05, 0.1) is 16.6 Å². The molecule has 3 heterocycles. The van der Waals surface area contributed by atoms with Crippen LogP contribution in [0.25, 0.3) is 89.4 Å². The molecule has 0 atom stereocenters. The molecule has 9 aromatic carbocycles. The van der Waals surface area contributed by atoms with Gasteiger partial charge in [0.1, 0.15) is 0 Å². The Morgan fingerprint density at radius 2 is 0.781 bits per heavy atom. The van der Waals surface area contributed by atoms with Crippen molar-refractivity contribution in [2.75, 3.05) is 0 Å². The maximum Gasteiger partial charge on any atom is 0.164 e. The molecule has 0 saturated heterocycles. The van der Waals surface area contributed by atoms with Crippen molar-refractivity contribution in [3.05, 3.63) is 241 Å². The summed E-state index contributed by atoms with van der Waals surface area (Å²) in [5, 5.41) is 3.54. The monoisotopic (exact) mass is 832 g/mol. The third kappa shape index (κ3) is 5.64. The Morgan fingerprint density at radius 3 is 1.41 bits per heavy atom. The lowest BCUT2D eigenvalue weighted by atomic mass is 9.67. The van der Waals surface area contributed by atoms with Crippen molar-refractivity contribution in [2.45, 2.75) is 15.2 Å². The quantitative estimate of drug-likeness (QED) is 0.162. The normalized spacial score (nSPS) is 13.1. The summed E-state index contributed by atoms with van der Waals surface area (Å²) in [6.07, 6.45) is 0. The van der Waals surface area contributed by atoms with E-state index in [2.05, 4.69) is 158 Å². The minimum absolute atomic E-state index is 0.525. The van der Waals surface area contributed by atoms with E-state index in [4.69, 9.17) is 19.9 Å². The van der Waals surface area contributed by atoms with Gasteiger partial charge in [0.2, 0.25) is 0 Å². The lowest BCUT2D eigenvalue weighted by molar-refractivity contribution is 0.724. The summed E-state index contributed by atoms with van der Waals surface area (Å²) in [6.45, 7) is 0. The summed E-state index contributed by atoms with van der Waals surface area (Å²) >= 11 is 1.87. The molecule has 0 radical (unpaired) electrons. The number of hydrogen-bond donors (Lipinski definition) is 0. The first kappa shape index (κ1) is 36.6. The molecule has 5 heteroatoms. The van der Waals surface area contributed by atoms with Crippen LogP contribution in [0.3, 0.4) is 0 Å². The predicted octanol–water partition coefficient (Wildman–Crippen LogP) is 14.7. The summed E-state index contributed by atoms with van der Waals surface area (Å²) in [5.41, 5.74) is 15.5. The molecule has 4 nitrogen and oxygen atoms in total. The Kier molecular flexibility index (Phi) is 8.33. The number of hydrogen-bond acceptors (Lipinski definition) is 5. The molecule has 64 heavy (non-hydrogen) atoms. The zero-order valence-electron chi connectivity index (χ0n) is 34.5. The molecule has 298 valence electrons. The number of aromatic nitrogens is 4. The van der Waals surface area contributed by atoms with Gasteiger partial charge in [-0.05, 0) is 74.2 Å². The van der Waals surface area contributed by atoms with Crippen LogP contribution in [0.1, 0.15) is 22.3 Å². The lowest BCUT2D eigenvalue weighted by Gasteiger charge is -2.40. The maximum atomic E-state index is 5.33. The molecule has 1 spiro atoms. The number of benzene rings is 9. The fourth-order valence-electron chi connectivity index (χ4n) is 10.1. The molecule has 1 aliphatic heterocycles. The van der Waals surface area contributed by atoms with Crippen molar-refractivity contribution in [1.29, 1.82) is 0 Å². The van der Waals surface area contributed by atoms with Gasteiger partial charge in [-0.25, -0.2) is 19.9 Å². The lowest BCUT2D eigenvalue weighted by Crippen LogP contribution is -2.32. The molecule has 0 bridgehead atoms. The zero-order valence-corrected chi connectivity index (χ0v) is 35.3. The minimum atomic E-state index is -0.525. The van der Waals surface area contributed by atoms with E-state index in [9.17, 15) is 0 Å². The van der Waals surface area contributed by atoms with Crippen LogP contribution in [0, 0.1) is 0 Å². The number of para-hydroxylation sites is 1. The SMILES string of the molecule is c1ccc(-c2nc(-c3ccccc3)nc(-c3ccc(-c4ccc5c(c4)Sc4cc6c(-c7ccccc7)nc7ccccc7c6cc4C54c5ccccc5-c5ccccc54)cc3)n2)cc1. The molecular formula is C59H36N4S. The molecule has 0 N–H and O–H groups in total. The highest BCUT2D eigenvalue weighted by atomic mass is 32.2. The van der Waals surface area contributed by atoms with Gasteiger partial charge in [0, 0.05) is 42.8 Å². The third-order valence-corrected chi connectivity index (χ3v) is 14.1. The topological polar surface area (TPSA) is 51.6 Å². The maximum absolute atomic E-state index is 5.33. The van der Waals surface area contributed by atoms with Crippen LogP contribution in [-0.2, 0) is 5.41 Å². The van der Waals surface area contributed by atoms with Crippen molar-refractivity contribution in [1.82, 2.24) is 19.9 Å². The van der Waals surface area contributed by atoms with Crippen molar-refractivity contribution in [3.8, 4) is 67.7 Å². The molecule has 0 unspecified atom stereocenters. The number of pyridine rings is 1. The Labute approximate surface area is 375 Å². The second kappa shape index (κ2) is 14.6. The standard InChI is InChI=1S/C59H36N4S/c1-4-16-38(17-5-1)55-47-36-54-51(35-46(47)45-24-12-15-27-52(45)60-55)59(48-25-13-10-22-43(48)44-23-11-14-26-49(44)59)50-33-32-42(34-53(50)64-54)37-28-30-41(31-29-37)58-62-56(39-18-6-2-7-19-39)61-57(63-58)40-20-8-3-9-21-40/h1-36H. The number of nitrogens with zero attached hydrogens (tertiary/aromatic N) is 4. The second-order valence-electron chi connectivity index (χ2n) is 16.5. The molecule has 1 aliphatic carbocycles. The van der Waals surface area contributed by atoms with E-state index in [1.54, 1.807) is 0 Å². The van der Waals surface area contributed by atoms with Crippen LogP contribution < -0.4 is 0 Å². The van der Waals surface area contributed by atoms with Crippen LogP contribution in [0.5, 0.6) is 0 Å². The summed E-state index contributed by atoms with van der Waals surface area (Å²) < 4.78 is 0. The Bertz CT molecular complexity index is 3520. The van der Waals surface area contributed by atoms with Gasteiger partial charge < -0.3 is 0 Å². The first-order valence-electron chi connectivity index (χ1n) is 21.6. The van der Waals surface area contributed by atoms with Gasteiger partial charge in [-0.2, -0.15) is 0 Å². The fraction of sp³-hybridized carbons (Fsp3) is 0.0169. The van der Waals surface area contributed by atoms with Gasteiger partial charge in [-0.15, -0.1) is 0 Å². The number of rotatable bonds is 5. The summed E-state index contributed by atoms with van der Waals surface area (Å²) in [7, 11) is 0. The summed E-state index contributed by atoms with van der Waals surface area (Å²) in [5.74, 6) is 1.94. The first-order valence-corrected chi connectivity index (χ1v) is 22.4. The third-order valence-electron chi connectivity index (χ3n) is 13.0. The molecule has 2 aromatic heterocycles. The average Bonchev–Trinajstić information content (AvgIpc) is 3.66. The smallest absolute Gasteiger partial charge is 0.164 e. The highest BCUT2D eigenvalue weighted by molar-refractivity contribution is 7.99. The van der Waals surface area contributed by atoms with Crippen molar-refractivity contribution < 1.29 is 0 Å². The van der Waals surface area contributed by atoms with Crippen molar-refractivity contribution in [2.24, 2.45) is 0 Å². The predicted molar refractivity (Wildman–Crippen MR) is 261 cm³/mol. The van der Waals surface area contributed by atoms with Gasteiger partial charge in [0.25, 0.3) is 0 Å². The van der Waals surface area contributed by atoms with E-state index in [-0.39, 0.29) is 0 Å². The van der Waals surface area contributed by atoms with Crippen LogP contribution in [0.15, 0.2) is 228 Å². The average molecular weight is 833 g/mol. The fourth-order valence-corrected chi connectivity index (χ4v) is 11.3. The Hall–Kier alpha value is -7.99. The molecule has 0 fully saturated rings. The zero-order chi connectivity index (χ0) is 42.2. The Balaban J connectivity index is 0.988. The summed E-state index contributed by atoms with van der Waals surface area (Å²) in [4.78, 5) is 22.7. The van der Waals surface area contributed by atoms with E-state index < -0.39 is 5.41 Å². The molecular weight excluding hydrogens is 797 g/mol. The van der Waals surface area contributed by atoms with Gasteiger partial charge >= 0.3 is 0 Å².